The highest BCUT2D eigenvalue weighted by Crippen LogP contribution is 2.18. The molecule has 7 nitrogen and oxygen atoms in total. The smallest absolute Gasteiger partial charge is 0.227 e. The summed E-state index contributed by atoms with van der Waals surface area (Å²) in [7, 11) is 0. The van der Waals surface area contributed by atoms with Crippen molar-refractivity contribution in [2.75, 3.05) is 23.1 Å². The van der Waals surface area contributed by atoms with Gasteiger partial charge in [0.15, 0.2) is 11.5 Å². The van der Waals surface area contributed by atoms with Crippen molar-refractivity contribution in [3.05, 3.63) is 36.4 Å². The number of aromatic nitrogens is 5. The monoisotopic (exact) mass is 315 g/mol. The average Bonchev–Trinajstić information content (AvgIpc) is 2.95. The minimum atomic E-state index is 0.390. The van der Waals surface area contributed by atoms with E-state index in [0.717, 1.165) is 23.5 Å². The van der Waals surface area contributed by atoms with Gasteiger partial charge in [0, 0.05) is 31.2 Å². The van der Waals surface area contributed by atoms with Gasteiger partial charge in [0.2, 0.25) is 5.95 Å². The molecule has 3 N–H and O–H groups in total. The van der Waals surface area contributed by atoms with Crippen molar-refractivity contribution in [1.82, 2.24) is 24.5 Å². The summed E-state index contributed by atoms with van der Waals surface area (Å²) < 4.78 is 2.00. The fraction of sp³-hybridized carbons (Fsp3) is 0.286. The number of thioether (sulfide) groups is 1. The fourth-order valence-electron chi connectivity index (χ4n) is 2.08. The second-order valence-electron chi connectivity index (χ2n) is 4.75. The summed E-state index contributed by atoms with van der Waals surface area (Å²) >= 11 is 1.78. The van der Waals surface area contributed by atoms with Gasteiger partial charge in [0.1, 0.15) is 5.52 Å². The Bertz CT molecular complexity index is 756. The third-order valence-electron chi connectivity index (χ3n) is 3.20. The Morgan fingerprint density at radius 1 is 1.36 bits per heavy atom. The normalized spacial score (nSPS) is 11.0. The number of hydrogen-bond donors (Lipinski definition) is 2. The molecule has 0 aromatic carbocycles. The van der Waals surface area contributed by atoms with Gasteiger partial charge < -0.3 is 15.6 Å². The number of hydrogen-bond acceptors (Lipinski definition) is 7. The summed E-state index contributed by atoms with van der Waals surface area (Å²) in [5.41, 5.74) is 8.45. The van der Waals surface area contributed by atoms with Gasteiger partial charge in [-0.25, -0.2) is 4.98 Å². The van der Waals surface area contributed by atoms with Crippen LogP contribution in [0.2, 0.25) is 0 Å². The number of nitrogens with zero attached hydrogens (tertiary/aromatic N) is 5. The molecule has 0 aliphatic heterocycles. The van der Waals surface area contributed by atoms with Crippen LogP contribution < -0.4 is 11.1 Å². The van der Waals surface area contributed by atoms with E-state index in [1.807, 2.05) is 16.7 Å². The number of rotatable bonds is 6. The topological polar surface area (TPSA) is 94.5 Å². The second kappa shape index (κ2) is 6.61. The van der Waals surface area contributed by atoms with E-state index in [1.54, 1.807) is 30.5 Å². The van der Waals surface area contributed by atoms with Crippen LogP contribution in [0, 0.1) is 0 Å². The van der Waals surface area contributed by atoms with Crippen LogP contribution in [0.25, 0.3) is 11.2 Å². The van der Waals surface area contributed by atoms with Crippen LogP contribution in [0.4, 0.5) is 11.8 Å². The molecule has 0 bridgehead atoms. The SMILES string of the molecule is CSCCn1cnc2c(N)nc(NCc3cccnc3)nc21. The van der Waals surface area contributed by atoms with Gasteiger partial charge in [-0.2, -0.15) is 21.7 Å². The van der Waals surface area contributed by atoms with Crippen LogP contribution in [0.1, 0.15) is 5.56 Å². The molecule has 0 saturated heterocycles. The molecule has 22 heavy (non-hydrogen) atoms. The van der Waals surface area contributed by atoms with Crippen molar-refractivity contribution in [3.8, 4) is 0 Å². The standard InChI is InChI=1S/C14H17N7S/c1-22-6-5-21-9-18-11-12(15)19-14(20-13(11)21)17-8-10-3-2-4-16-7-10/h2-4,7,9H,5-6,8H2,1H3,(H3,15,17,19,20). The lowest BCUT2D eigenvalue weighted by atomic mass is 10.3. The van der Waals surface area contributed by atoms with Gasteiger partial charge in [-0.05, 0) is 17.9 Å². The van der Waals surface area contributed by atoms with Crippen LogP contribution in [-0.2, 0) is 13.1 Å². The van der Waals surface area contributed by atoms with E-state index >= 15 is 0 Å². The number of aryl methyl sites for hydroxylation is 1. The molecular weight excluding hydrogens is 298 g/mol. The van der Waals surface area contributed by atoms with Crippen LogP contribution in [0.5, 0.6) is 0 Å². The van der Waals surface area contributed by atoms with Crippen molar-refractivity contribution in [2.24, 2.45) is 0 Å². The molecule has 3 rings (SSSR count). The van der Waals surface area contributed by atoms with E-state index < -0.39 is 0 Å². The first-order valence-electron chi connectivity index (χ1n) is 6.88. The van der Waals surface area contributed by atoms with Gasteiger partial charge in [0.05, 0.1) is 6.33 Å². The van der Waals surface area contributed by atoms with Crippen molar-refractivity contribution in [1.29, 1.82) is 0 Å². The summed E-state index contributed by atoms with van der Waals surface area (Å²) in [6.07, 6.45) is 7.38. The maximum atomic E-state index is 5.98. The molecule has 0 aliphatic carbocycles. The van der Waals surface area contributed by atoms with E-state index in [0.29, 0.717) is 23.8 Å². The molecular formula is C14H17N7S. The maximum Gasteiger partial charge on any atom is 0.227 e. The molecule has 3 aromatic rings. The van der Waals surface area contributed by atoms with Gasteiger partial charge in [0.25, 0.3) is 0 Å². The number of nitrogens with one attached hydrogen (secondary N) is 1. The largest absolute Gasteiger partial charge is 0.382 e. The molecule has 3 heterocycles. The molecule has 8 heteroatoms. The molecule has 0 saturated carbocycles. The van der Waals surface area contributed by atoms with Crippen LogP contribution >= 0.6 is 11.8 Å². The molecule has 0 atom stereocenters. The number of imidazole rings is 1. The Balaban J connectivity index is 1.83. The van der Waals surface area contributed by atoms with E-state index in [9.17, 15) is 0 Å². The van der Waals surface area contributed by atoms with E-state index in [2.05, 4.69) is 31.5 Å². The zero-order valence-electron chi connectivity index (χ0n) is 12.2. The van der Waals surface area contributed by atoms with Gasteiger partial charge in [-0.3, -0.25) is 4.98 Å². The quantitative estimate of drug-likeness (QED) is 0.716. The molecule has 114 valence electrons. The fourth-order valence-corrected chi connectivity index (χ4v) is 2.46. The molecule has 0 amide bonds. The molecule has 0 unspecified atom stereocenters. The lowest BCUT2D eigenvalue weighted by molar-refractivity contribution is 0.787. The van der Waals surface area contributed by atoms with Crippen molar-refractivity contribution in [2.45, 2.75) is 13.1 Å². The Hall–Kier alpha value is -2.35. The van der Waals surface area contributed by atoms with E-state index in [1.165, 1.54) is 0 Å². The second-order valence-corrected chi connectivity index (χ2v) is 5.74. The molecule has 0 aliphatic rings. The van der Waals surface area contributed by atoms with Crippen LogP contribution in [0.15, 0.2) is 30.9 Å². The summed E-state index contributed by atoms with van der Waals surface area (Å²) in [5.74, 6) is 1.88. The van der Waals surface area contributed by atoms with E-state index in [-0.39, 0.29) is 0 Å². The number of pyridine rings is 1. The average molecular weight is 315 g/mol. The Labute approximate surface area is 132 Å². The molecule has 3 aromatic heterocycles. The van der Waals surface area contributed by atoms with Crippen molar-refractivity contribution in [3.63, 3.8) is 0 Å². The maximum absolute atomic E-state index is 5.98. The summed E-state index contributed by atoms with van der Waals surface area (Å²) in [6.45, 7) is 1.44. The van der Waals surface area contributed by atoms with Crippen LogP contribution in [-0.4, -0.2) is 36.5 Å². The Kier molecular flexibility index (Phi) is 4.38. The minimum absolute atomic E-state index is 0.390. The Morgan fingerprint density at radius 2 is 2.27 bits per heavy atom. The predicted octanol–water partition coefficient (Wildman–Crippen LogP) is 1.78. The van der Waals surface area contributed by atoms with Crippen molar-refractivity contribution >= 4 is 34.7 Å². The lowest BCUT2D eigenvalue weighted by Gasteiger charge is -2.07. The third-order valence-corrected chi connectivity index (χ3v) is 3.79. The number of nitrogens with two attached hydrogens (primary N) is 1. The summed E-state index contributed by atoms with van der Waals surface area (Å²) in [6, 6.07) is 3.89. The molecule has 0 radical (unpaired) electrons. The number of anilines is 2. The first kappa shape index (κ1) is 14.6. The zero-order chi connectivity index (χ0) is 15.4. The predicted molar refractivity (Wildman–Crippen MR) is 89.7 cm³/mol. The van der Waals surface area contributed by atoms with Crippen LogP contribution in [0.3, 0.4) is 0 Å². The third kappa shape index (κ3) is 3.11. The first-order chi connectivity index (χ1) is 10.8. The van der Waals surface area contributed by atoms with Gasteiger partial charge in [-0.15, -0.1) is 0 Å². The van der Waals surface area contributed by atoms with Gasteiger partial charge >= 0.3 is 0 Å². The highest BCUT2D eigenvalue weighted by Gasteiger charge is 2.11. The Morgan fingerprint density at radius 3 is 3.05 bits per heavy atom. The highest BCUT2D eigenvalue weighted by molar-refractivity contribution is 7.98. The highest BCUT2D eigenvalue weighted by atomic mass is 32.2. The summed E-state index contributed by atoms with van der Waals surface area (Å²) in [5, 5.41) is 3.18. The van der Waals surface area contributed by atoms with Gasteiger partial charge in [-0.1, -0.05) is 6.07 Å². The minimum Gasteiger partial charge on any atom is -0.382 e. The lowest BCUT2D eigenvalue weighted by Crippen LogP contribution is -2.08. The summed E-state index contributed by atoms with van der Waals surface area (Å²) in [4.78, 5) is 17.2. The van der Waals surface area contributed by atoms with Crippen molar-refractivity contribution < 1.29 is 0 Å². The first-order valence-corrected chi connectivity index (χ1v) is 8.27. The zero-order valence-corrected chi connectivity index (χ0v) is 13.0. The van der Waals surface area contributed by atoms with E-state index in [4.69, 9.17) is 5.73 Å². The number of fused-ring (bicyclic) bond motifs is 1. The molecule has 0 fully saturated rings. The molecule has 0 spiro atoms. The number of nitrogen functional groups attached to an aromatic ring is 1.